The molecule has 8 heteroatoms. The molecule has 0 aliphatic carbocycles. The molecule has 2 heterocycles. The number of aromatic nitrogens is 1. The molecule has 0 radical (unpaired) electrons. The molecular formula is C29H29FN4O2S. The van der Waals surface area contributed by atoms with Crippen molar-refractivity contribution in [2.24, 2.45) is 0 Å². The van der Waals surface area contributed by atoms with Gasteiger partial charge in [-0.3, -0.25) is 14.6 Å². The third-order valence-electron chi connectivity index (χ3n) is 6.73. The Balaban J connectivity index is 1.24. The van der Waals surface area contributed by atoms with Crippen molar-refractivity contribution in [3.8, 4) is 0 Å². The second kappa shape index (κ2) is 10.3. The highest BCUT2D eigenvalue weighted by atomic mass is 32.2. The first kappa shape index (κ1) is 24.9. The van der Waals surface area contributed by atoms with Crippen LogP contribution in [0.4, 0.5) is 10.1 Å². The van der Waals surface area contributed by atoms with Crippen LogP contribution >= 0.6 is 0 Å². The van der Waals surface area contributed by atoms with E-state index in [-0.39, 0.29) is 16.8 Å². The number of halogens is 1. The number of nitrogens with one attached hydrogen (secondary N) is 1. The zero-order valence-electron chi connectivity index (χ0n) is 20.6. The standard InChI is InChI=1S/C29H29FN4O2S/c1-21-19-33(20-23-8-12-26(30)13-9-23)17-18-34(21)22(2)24-10-14-27(15-11-24)32-37(35,36)28-7-3-5-25-6-4-16-31-29(25)28/h3-16,21,32H,2,17-20H2,1H3. The summed E-state index contributed by atoms with van der Waals surface area (Å²) in [6.07, 6.45) is 1.59. The lowest BCUT2D eigenvalue weighted by Gasteiger charge is -2.42. The Bertz CT molecular complexity index is 1520. The van der Waals surface area contributed by atoms with Gasteiger partial charge in [0.25, 0.3) is 10.0 Å². The van der Waals surface area contributed by atoms with Gasteiger partial charge < -0.3 is 4.90 Å². The molecule has 5 rings (SSSR count). The molecule has 3 aromatic carbocycles. The summed E-state index contributed by atoms with van der Waals surface area (Å²) in [5.74, 6) is -0.220. The van der Waals surface area contributed by atoms with Crippen LogP contribution in [0.1, 0.15) is 18.1 Å². The molecule has 1 aromatic heterocycles. The van der Waals surface area contributed by atoms with Gasteiger partial charge in [0.1, 0.15) is 10.7 Å². The van der Waals surface area contributed by atoms with Crippen LogP contribution in [0.5, 0.6) is 0 Å². The number of hydrogen-bond donors (Lipinski definition) is 1. The highest BCUT2D eigenvalue weighted by Crippen LogP contribution is 2.27. The van der Waals surface area contributed by atoms with Crippen LogP contribution in [0, 0.1) is 5.82 Å². The Hall–Kier alpha value is -3.75. The molecular weight excluding hydrogens is 487 g/mol. The van der Waals surface area contributed by atoms with E-state index in [9.17, 15) is 12.8 Å². The van der Waals surface area contributed by atoms with E-state index in [1.165, 1.54) is 12.1 Å². The molecule has 1 aliphatic heterocycles. The number of nitrogens with zero attached hydrogens (tertiary/aromatic N) is 3. The van der Waals surface area contributed by atoms with Gasteiger partial charge in [0.15, 0.2) is 0 Å². The van der Waals surface area contributed by atoms with Crippen LogP contribution in [-0.2, 0) is 16.6 Å². The van der Waals surface area contributed by atoms with Gasteiger partial charge >= 0.3 is 0 Å². The number of piperazine rings is 1. The molecule has 6 nitrogen and oxygen atoms in total. The molecule has 0 saturated carbocycles. The van der Waals surface area contributed by atoms with Crippen molar-refractivity contribution in [1.29, 1.82) is 0 Å². The topological polar surface area (TPSA) is 65.5 Å². The molecule has 1 aliphatic rings. The molecule has 1 saturated heterocycles. The Morgan fingerprint density at radius 1 is 1.03 bits per heavy atom. The first-order valence-corrected chi connectivity index (χ1v) is 13.7. The average Bonchev–Trinajstić information content (AvgIpc) is 2.89. The van der Waals surface area contributed by atoms with Crippen LogP contribution in [-0.4, -0.2) is 48.9 Å². The number of benzene rings is 3. The van der Waals surface area contributed by atoms with Crippen molar-refractivity contribution in [3.05, 3.63) is 109 Å². The predicted octanol–water partition coefficient (Wildman–Crippen LogP) is 5.35. The fourth-order valence-electron chi connectivity index (χ4n) is 4.83. The lowest BCUT2D eigenvalue weighted by atomic mass is 10.1. The number of para-hydroxylation sites is 1. The first-order chi connectivity index (χ1) is 17.8. The summed E-state index contributed by atoms with van der Waals surface area (Å²) in [4.78, 5) is 9.05. The van der Waals surface area contributed by atoms with Crippen molar-refractivity contribution >= 4 is 32.3 Å². The lowest BCUT2D eigenvalue weighted by molar-refractivity contribution is 0.123. The summed E-state index contributed by atoms with van der Waals surface area (Å²) in [5.41, 5.74) is 3.85. The Morgan fingerprint density at radius 3 is 2.49 bits per heavy atom. The van der Waals surface area contributed by atoms with Crippen molar-refractivity contribution in [2.45, 2.75) is 24.4 Å². The molecule has 1 N–H and O–H groups in total. The highest BCUT2D eigenvalue weighted by molar-refractivity contribution is 7.93. The molecule has 0 spiro atoms. The third kappa shape index (κ3) is 5.50. The number of sulfonamides is 1. The monoisotopic (exact) mass is 516 g/mol. The molecule has 4 aromatic rings. The average molecular weight is 517 g/mol. The Kier molecular flexibility index (Phi) is 6.95. The fourth-order valence-corrected chi connectivity index (χ4v) is 6.06. The van der Waals surface area contributed by atoms with Gasteiger partial charge in [0.05, 0.1) is 5.52 Å². The van der Waals surface area contributed by atoms with E-state index in [0.717, 1.165) is 48.4 Å². The van der Waals surface area contributed by atoms with E-state index in [1.54, 1.807) is 36.5 Å². The van der Waals surface area contributed by atoms with Crippen molar-refractivity contribution in [3.63, 3.8) is 0 Å². The summed E-state index contributed by atoms with van der Waals surface area (Å²) in [6.45, 7) is 9.84. The minimum atomic E-state index is -3.81. The van der Waals surface area contributed by atoms with Gasteiger partial charge in [0, 0.05) is 55.2 Å². The molecule has 190 valence electrons. The SMILES string of the molecule is C=C(c1ccc(NS(=O)(=O)c2cccc3cccnc23)cc1)N1CCN(Cc2ccc(F)cc2)CC1C. The van der Waals surface area contributed by atoms with E-state index < -0.39 is 10.0 Å². The van der Waals surface area contributed by atoms with Gasteiger partial charge in [-0.1, -0.05) is 49.0 Å². The number of rotatable bonds is 7. The zero-order chi connectivity index (χ0) is 26.0. The maximum absolute atomic E-state index is 13.2. The normalized spacial score (nSPS) is 16.6. The van der Waals surface area contributed by atoms with Crippen LogP contribution < -0.4 is 4.72 Å². The quantitative estimate of drug-likeness (QED) is 0.359. The predicted molar refractivity (Wildman–Crippen MR) is 146 cm³/mol. The Morgan fingerprint density at radius 2 is 1.76 bits per heavy atom. The molecule has 1 atom stereocenters. The minimum absolute atomic E-state index is 0.145. The van der Waals surface area contributed by atoms with E-state index in [4.69, 9.17) is 0 Å². The lowest BCUT2D eigenvalue weighted by Crippen LogP contribution is -2.50. The van der Waals surface area contributed by atoms with E-state index in [1.807, 2.05) is 36.4 Å². The number of pyridine rings is 1. The number of hydrogen-bond acceptors (Lipinski definition) is 5. The van der Waals surface area contributed by atoms with Gasteiger partial charge in [0.2, 0.25) is 0 Å². The molecule has 0 amide bonds. The maximum Gasteiger partial charge on any atom is 0.264 e. The Labute approximate surface area is 217 Å². The minimum Gasteiger partial charge on any atom is -0.366 e. The van der Waals surface area contributed by atoms with E-state index >= 15 is 0 Å². The summed E-state index contributed by atoms with van der Waals surface area (Å²) >= 11 is 0. The largest absolute Gasteiger partial charge is 0.366 e. The van der Waals surface area contributed by atoms with Crippen molar-refractivity contribution < 1.29 is 12.8 Å². The zero-order valence-corrected chi connectivity index (χ0v) is 21.5. The van der Waals surface area contributed by atoms with Gasteiger partial charge in [-0.2, -0.15) is 0 Å². The maximum atomic E-state index is 13.2. The summed E-state index contributed by atoms with van der Waals surface area (Å²) < 4.78 is 42.1. The van der Waals surface area contributed by atoms with Crippen molar-refractivity contribution in [1.82, 2.24) is 14.8 Å². The first-order valence-electron chi connectivity index (χ1n) is 12.2. The number of fused-ring (bicyclic) bond motifs is 1. The number of anilines is 1. The van der Waals surface area contributed by atoms with Crippen LogP contribution in [0.25, 0.3) is 16.6 Å². The molecule has 1 unspecified atom stereocenters. The van der Waals surface area contributed by atoms with Crippen molar-refractivity contribution in [2.75, 3.05) is 24.4 Å². The van der Waals surface area contributed by atoms with Gasteiger partial charge in [-0.15, -0.1) is 0 Å². The fraction of sp³-hybridized carbons (Fsp3) is 0.207. The molecule has 37 heavy (non-hydrogen) atoms. The highest BCUT2D eigenvalue weighted by Gasteiger charge is 2.25. The molecule has 1 fully saturated rings. The summed E-state index contributed by atoms with van der Waals surface area (Å²) in [7, 11) is -3.81. The van der Waals surface area contributed by atoms with Crippen LogP contribution in [0.15, 0.2) is 96.5 Å². The van der Waals surface area contributed by atoms with Crippen LogP contribution in [0.3, 0.4) is 0 Å². The molecule has 0 bridgehead atoms. The third-order valence-corrected chi connectivity index (χ3v) is 8.15. The second-order valence-corrected chi connectivity index (χ2v) is 11.0. The second-order valence-electron chi connectivity index (χ2n) is 9.36. The van der Waals surface area contributed by atoms with Gasteiger partial charge in [-0.25, -0.2) is 12.8 Å². The summed E-state index contributed by atoms with van der Waals surface area (Å²) in [5, 5.41) is 0.768. The summed E-state index contributed by atoms with van der Waals surface area (Å²) in [6, 6.07) is 22.9. The van der Waals surface area contributed by atoms with Crippen LogP contribution in [0.2, 0.25) is 0 Å². The van der Waals surface area contributed by atoms with E-state index in [2.05, 4.69) is 33.0 Å². The smallest absolute Gasteiger partial charge is 0.264 e. The van der Waals surface area contributed by atoms with E-state index in [0.29, 0.717) is 11.2 Å². The van der Waals surface area contributed by atoms with Gasteiger partial charge in [-0.05, 0) is 54.4 Å².